The second kappa shape index (κ2) is 9.36. The van der Waals surface area contributed by atoms with Crippen LogP contribution in [0.1, 0.15) is 33.1 Å². The van der Waals surface area contributed by atoms with Crippen molar-refractivity contribution < 1.29 is 14.6 Å². The Hall–Kier alpha value is -0.870. The maximum Gasteiger partial charge on any atom is 0.333 e. The molecular weight excluding hydrogens is 206 g/mol. The normalized spacial score (nSPS) is 13.6. The molecule has 4 heteroatoms. The van der Waals surface area contributed by atoms with Gasteiger partial charge in [-0.1, -0.05) is 13.0 Å². The zero-order valence-electron chi connectivity index (χ0n) is 10.5. The summed E-state index contributed by atoms with van der Waals surface area (Å²) in [5.74, 6) is -0.256. The van der Waals surface area contributed by atoms with Crippen molar-refractivity contribution in [2.75, 3.05) is 20.2 Å². The molecule has 0 rings (SSSR count). The molecule has 0 saturated carbocycles. The Kier molecular flexibility index (Phi) is 8.85. The van der Waals surface area contributed by atoms with Crippen molar-refractivity contribution in [2.45, 2.75) is 39.2 Å². The molecule has 4 nitrogen and oxygen atoms in total. The second-order valence-corrected chi connectivity index (χ2v) is 3.77. The minimum absolute atomic E-state index is 0.237. The number of aliphatic hydroxyl groups is 1. The minimum Gasteiger partial charge on any atom is -0.466 e. The van der Waals surface area contributed by atoms with Gasteiger partial charge in [0.15, 0.2) is 0 Å². The standard InChI is InChI=1S/C12H23NO3/c1-4-11(12(15)16-3)7-9-13-8-5-6-10(2)14/h7,10,13-14H,4-6,8-9H2,1-3H3. The summed E-state index contributed by atoms with van der Waals surface area (Å²) in [5.41, 5.74) is 0.700. The number of nitrogens with one attached hydrogen (secondary N) is 1. The number of ether oxygens (including phenoxy) is 1. The molecule has 0 amide bonds. The summed E-state index contributed by atoms with van der Waals surface area (Å²) in [5, 5.41) is 12.2. The largest absolute Gasteiger partial charge is 0.466 e. The lowest BCUT2D eigenvalue weighted by atomic mass is 10.2. The number of carbonyl (C=O) groups excluding carboxylic acids is 1. The highest BCUT2D eigenvalue weighted by atomic mass is 16.5. The summed E-state index contributed by atoms with van der Waals surface area (Å²) in [6, 6.07) is 0. The van der Waals surface area contributed by atoms with Gasteiger partial charge in [0.05, 0.1) is 13.2 Å². The summed E-state index contributed by atoms with van der Waals surface area (Å²) in [4.78, 5) is 11.2. The van der Waals surface area contributed by atoms with E-state index in [1.165, 1.54) is 7.11 Å². The van der Waals surface area contributed by atoms with Crippen LogP contribution in [0, 0.1) is 0 Å². The molecule has 0 aromatic heterocycles. The first-order valence-electron chi connectivity index (χ1n) is 5.77. The first-order chi connectivity index (χ1) is 7.61. The number of hydrogen-bond acceptors (Lipinski definition) is 4. The lowest BCUT2D eigenvalue weighted by Crippen LogP contribution is -2.18. The lowest BCUT2D eigenvalue weighted by Gasteiger charge is -2.05. The molecule has 0 aliphatic carbocycles. The fourth-order valence-corrected chi connectivity index (χ4v) is 1.32. The van der Waals surface area contributed by atoms with Crippen molar-refractivity contribution in [2.24, 2.45) is 0 Å². The average molecular weight is 229 g/mol. The Morgan fingerprint density at radius 2 is 2.25 bits per heavy atom. The highest BCUT2D eigenvalue weighted by Crippen LogP contribution is 2.01. The lowest BCUT2D eigenvalue weighted by molar-refractivity contribution is -0.136. The van der Waals surface area contributed by atoms with Gasteiger partial charge in [-0.15, -0.1) is 0 Å². The van der Waals surface area contributed by atoms with E-state index in [-0.39, 0.29) is 12.1 Å². The molecule has 0 aliphatic rings. The molecule has 94 valence electrons. The van der Waals surface area contributed by atoms with Crippen molar-refractivity contribution >= 4 is 5.97 Å². The molecule has 0 radical (unpaired) electrons. The van der Waals surface area contributed by atoms with Crippen LogP contribution in [0.25, 0.3) is 0 Å². The van der Waals surface area contributed by atoms with Gasteiger partial charge in [0.2, 0.25) is 0 Å². The molecule has 0 aromatic rings. The fourth-order valence-electron chi connectivity index (χ4n) is 1.32. The number of hydrogen-bond donors (Lipinski definition) is 2. The highest BCUT2D eigenvalue weighted by molar-refractivity contribution is 5.88. The van der Waals surface area contributed by atoms with Gasteiger partial charge in [-0.25, -0.2) is 4.79 Å². The van der Waals surface area contributed by atoms with Crippen molar-refractivity contribution in [3.05, 3.63) is 11.6 Å². The number of methoxy groups -OCH3 is 1. The third-order valence-corrected chi connectivity index (χ3v) is 2.30. The van der Waals surface area contributed by atoms with Gasteiger partial charge in [0.1, 0.15) is 0 Å². The monoisotopic (exact) mass is 229 g/mol. The van der Waals surface area contributed by atoms with Gasteiger partial charge < -0.3 is 15.2 Å². The first-order valence-corrected chi connectivity index (χ1v) is 5.77. The van der Waals surface area contributed by atoms with Gasteiger partial charge in [-0.05, 0) is 32.7 Å². The van der Waals surface area contributed by atoms with Crippen LogP contribution >= 0.6 is 0 Å². The quantitative estimate of drug-likeness (QED) is 0.373. The molecule has 0 bridgehead atoms. The Balaban J connectivity index is 3.68. The molecule has 0 aromatic carbocycles. The van der Waals surface area contributed by atoms with Crippen LogP contribution in [0.5, 0.6) is 0 Å². The number of rotatable bonds is 8. The molecule has 2 N–H and O–H groups in total. The molecule has 0 fully saturated rings. The number of carbonyl (C=O) groups is 1. The molecule has 1 atom stereocenters. The predicted octanol–water partition coefficient (Wildman–Crippen LogP) is 1.25. The highest BCUT2D eigenvalue weighted by Gasteiger charge is 2.05. The van der Waals surface area contributed by atoms with E-state index < -0.39 is 0 Å². The van der Waals surface area contributed by atoms with Crippen LogP contribution < -0.4 is 5.32 Å². The van der Waals surface area contributed by atoms with E-state index >= 15 is 0 Å². The zero-order chi connectivity index (χ0) is 12.4. The van der Waals surface area contributed by atoms with E-state index in [9.17, 15) is 4.79 Å². The Morgan fingerprint density at radius 1 is 1.56 bits per heavy atom. The number of aliphatic hydroxyl groups excluding tert-OH is 1. The molecule has 0 saturated heterocycles. The van der Waals surface area contributed by atoms with Crippen molar-refractivity contribution in [3.8, 4) is 0 Å². The maximum atomic E-state index is 11.2. The summed E-state index contributed by atoms with van der Waals surface area (Å²) in [6.07, 6.45) is 4.04. The van der Waals surface area contributed by atoms with E-state index in [0.717, 1.165) is 19.4 Å². The maximum absolute atomic E-state index is 11.2. The van der Waals surface area contributed by atoms with E-state index in [2.05, 4.69) is 10.1 Å². The Bertz CT molecular complexity index is 224. The SMILES string of the molecule is CCC(=CCNCCCC(C)O)C(=O)OC. The summed E-state index contributed by atoms with van der Waals surface area (Å²) < 4.78 is 4.64. The van der Waals surface area contributed by atoms with Gasteiger partial charge in [-0.3, -0.25) is 0 Å². The molecule has 0 aliphatic heterocycles. The summed E-state index contributed by atoms with van der Waals surface area (Å²) in [7, 11) is 1.39. The predicted molar refractivity (Wildman–Crippen MR) is 64.2 cm³/mol. The topological polar surface area (TPSA) is 58.6 Å². The van der Waals surface area contributed by atoms with Crippen LogP contribution in [0.4, 0.5) is 0 Å². The Labute approximate surface area is 97.7 Å². The van der Waals surface area contributed by atoms with E-state index in [4.69, 9.17) is 5.11 Å². The van der Waals surface area contributed by atoms with Crippen LogP contribution in [0.3, 0.4) is 0 Å². The van der Waals surface area contributed by atoms with Crippen LogP contribution in [-0.4, -0.2) is 37.4 Å². The molecule has 16 heavy (non-hydrogen) atoms. The zero-order valence-corrected chi connectivity index (χ0v) is 10.5. The summed E-state index contributed by atoms with van der Waals surface area (Å²) >= 11 is 0. The summed E-state index contributed by atoms with van der Waals surface area (Å²) in [6.45, 7) is 5.22. The van der Waals surface area contributed by atoms with Gasteiger partial charge in [-0.2, -0.15) is 0 Å². The van der Waals surface area contributed by atoms with Gasteiger partial charge >= 0.3 is 5.97 Å². The van der Waals surface area contributed by atoms with Crippen molar-refractivity contribution in [3.63, 3.8) is 0 Å². The first kappa shape index (κ1) is 15.1. The Morgan fingerprint density at radius 3 is 2.75 bits per heavy atom. The second-order valence-electron chi connectivity index (χ2n) is 3.77. The van der Waals surface area contributed by atoms with Crippen molar-refractivity contribution in [1.82, 2.24) is 5.32 Å². The average Bonchev–Trinajstić information content (AvgIpc) is 2.27. The number of esters is 1. The van der Waals surface area contributed by atoms with E-state index in [1.807, 2.05) is 13.0 Å². The molecule has 0 spiro atoms. The van der Waals surface area contributed by atoms with Crippen LogP contribution in [-0.2, 0) is 9.53 Å². The third kappa shape index (κ3) is 7.43. The van der Waals surface area contributed by atoms with Crippen LogP contribution in [0.15, 0.2) is 11.6 Å². The molecule has 1 unspecified atom stereocenters. The van der Waals surface area contributed by atoms with E-state index in [0.29, 0.717) is 18.5 Å². The van der Waals surface area contributed by atoms with Gasteiger partial charge in [0, 0.05) is 12.1 Å². The minimum atomic E-state index is -0.256. The van der Waals surface area contributed by atoms with E-state index in [1.54, 1.807) is 6.92 Å². The fraction of sp³-hybridized carbons (Fsp3) is 0.750. The van der Waals surface area contributed by atoms with Crippen molar-refractivity contribution in [1.29, 1.82) is 0 Å². The molecule has 0 heterocycles. The molecular formula is C12H23NO3. The third-order valence-electron chi connectivity index (χ3n) is 2.30. The van der Waals surface area contributed by atoms with Gasteiger partial charge in [0.25, 0.3) is 0 Å². The van der Waals surface area contributed by atoms with Crippen LogP contribution in [0.2, 0.25) is 0 Å². The smallest absolute Gasteiger partial charge is 0.333 e.